The second kappa shape index (κ2) is 4.33. The number of hydrogen-bond donors (Lipinski definition) is 2. The first-order valence-electron chi connectivity index (χ1n) is 5.93. The second-order valence-electron chi connectivity index (χ2n) is 4.23. The lowest BCUT2D eigenvalue weighted by Crippen LogP contribution is -2.43. The molecular formula is C12H16N2O3. The highest BCUT2D eigenvalue weighted by Crippen LogP contribution is 2.42. The molecule has 2 aliphatic rings. The monoisotopic (exact) mass is 236 g/mol. The van der Waals surface area contributed by atoms with E-state index in [0.717, 1.165) is 37.6 Å². The van der Waals surface area contributed by atoms with E-state index >= 15 is 0 Å². The van der Waals surface area contributed by atoms with Crippen molar-refractivity contribution in [2.45, 2.75) is 0 Å². The normalized spacial score (nSPS) is 19.2. The van der Waals surface area contributed by atoms with E-state index < -0.39 is 0 Å². The highest BCUT2D eigenvalue weighted by Gasteiger charge is 2.22. The number of rotatable bonds is 1. The van der Waals surface area contributed by atoms with E-state index in [2.05, 4.69) is 10.2 Å². The number of phenols is 1. The molecule has 5 heteroatoms. The second-order valence-corrected chi connectivity index (χ2v) is 4.23. The minimum atomic E-state index is 0.225. The van der Waals surface area contributed by atoms with E-state index in [4.69, 9.17) is 9.47 Å². The van der Waals surface area contributed by atoms with Gasteiger partial charge in [-0.25, -0.2) is 0 Å². The lowest BCUT2D eigenvalue weighted by molar-refractivity contribution is 0.171. The van der Waals surface area contributed by atoms with Crippen LogP contribution >= 0.6 is 0 Å². The van der Waals surface area contributed by atoms with Gasteiger partial charge in [0.1, 0.15) is 19.0 Å². The molecule has 2 aliphatic heterocycles. The largest absolute Gasteiger partial charge is 0.508 e. The summed E-state index contributed by atoms with van der Waals surface area (Å²) < 4.78 is 11.2. The van der Waals surface area contributed by atoms with Gasteiger partial charge in [-0.05, 0) is 0 Å². The van der Waals surface area contributed by atoms with Crippen LogP contribution in [0.2, 0.25) is 0 Å². The first-order valence-corrected chi connectivity index (χ1v) is 5.93. The van der Waals surface area contributed by atoms with Gasteiger partial charge in [0, 0.05) is 38.3 Å². The number of nitrogens with zero attached hydrogens (tertiary/aromatic N) is 1. The summed E-state index contributed by atoms with van der Waals surface area (Å²) in [6.07, 6.45) is 0. The zero-order chi connectivity index (χ0) is 11.7. The molecule has 0 unspecified atom stereocenters. The predicted molar refractivity (Wildman–Crippen MR) is 64.2 cm³/mol. The summed E-state index contributed by atoms with van der Waals surface area (Å²) >= 11 is 0. The molecule has 0 atom stereocenters. The molecule has 0 saturated carbocycles. The van der Waals surface area contributed by atoms with Crippen molar-refractivity contribution < 1.29 is 14.6 Å². The van der Waals surface area contributed by atoms with Crippen LogP contribution in [-0.2, 0) is 0 Å². The Hall–Kier alpha value is -1.62. The molecule has 0 amide bonds. The number of ether oxygens (including phenoxy) is 2. The Kier molecular flexibility index (Phi) is 2.68. The third kappa shape index (κ3) is 1.98. The number of hydrogen-bond acceptors (Lipinski definition) is 5. The van der Waals surface area contributed by atoms with E-state index in [1.54, 1.807) is 12.1 Å². The summed E-state index contributed by atoms with van der Waals surface area (Å²) in [4.78, 5) is 2.21. The molecule has 0 radical (unpaired) electrons. The third-order valence-electron chi connectivity index (χ3n) is 3.06. The molecule has 0 aliphatic carbocycles. The van der Waals surface area contributed by atoms with Crippen molar-refractivity contribution in [2.24, 2.45) is 0 Å². The van der Waals surface area contributed by atoms with Gasteiger partial charge in [-0.15, -0.1) is 0 Å². The fourth-order valence-electron chi connectivity index (χ4n) is 2.26. The third-order valence-corrected chi connectivity index (χ3v) is 3.06. The standard InChI is InChI=1S/C12H16N2O3/c15-9-7-10(14-3-1-13-2-4-14)12-11(8-9)16-5-6-17-12/h7-8,13,15H,1-6H2. The summed E-state index contributed by atoms with van der Waals surface area (Å²) in [5.41, 5.74) is 0.932. The van der Waals surface area contributed by atoms with Crippen molar-refractivity contribution in [2.75, 3.05) is 44.3 Å². The van der Waals surface area contributed by atoms with E-state index in [-0.39, 0.29) is 5.75 Å². The predicted octanol–water partition coefficient (Wildman–Crippen LogP) is 0.573. The van der Waals surface area contributed by atoms with Crippen molar-refractivity contribution in [1.29, 1.82) is 0 Å². The molecule has 3 rings (SSSR count). The number of piperazine rings is 1. The summed E-state index contributed by atoms with van der Waals surface area (Å²) in [6, 6.07) is 3.36. The number of nitrogens with one attached hydrogen (secondary N) is 1. The van der Waals surface area contributed by atoms with Crippen LogP contribution in [0.4, 0.5) is 5.69 Å². The van der Waals surface area contributed by atoms with Crippen LogP contribution in [0.5, 0.6) is 17.2 Å². The van der Waals surface area contributed by atoms with Crippen molar-refractivity contribution in [3.63, 3.8) is 0 Å². The Morgan fingerprint density at radius 1 is 1.12 bits per heavy atom. The minimum Gasteiger partial charge on any atom is -0.508 e. The SMILES string of the molecule is Oc1cc2c(c(N3CCNCC3)c1)OCCO2. The molecule has 1 aromatic carbocycles. The maximum Gasteiger partial charge on any atom is 0.184 e. The van der Waals surface area contributed by atoms with E-state index in [0.29, 0.717) is 19.0 Å². The molecule has 2 heterocycles. The number of aromatic hydroxyl groups is 1. The zero-order valence-electron chi connectivity index (χ0n) is 9.61. The van der Waals surface area contributed by atoms with Crippen LogP contribution < -0.4 is 19.7 Å². The molecule has 92 valence electrons. The molecular weight excluding hydrogens is 220 g/mol. The van der Waals surface area contributed by atoms with Crippen LogP contribution in [0.25, 0.3) is 0 Å². The van der Waals surface area contributed by atoms with Crippen molar-refractivity contribution in [3.05, 3.63) is 12.1 Å². The van der Waals surface area contributed by atoms with Gasteiger partial charge in [0.2, 0.25) is 0 Å². The van der Waals surface area contributed by atoms with E-state index in [9.17, 15) is 5.11 Å². The van der Waals surface area contributed by atoms with Gasteiger partial charge in [-0.1, -0.05) is 0 Å². The Bertz CT molecular complexity index is 416. The van der Waals surface area contributed by atoms with Gasteiger partial charge in [0.05, 0.1) is 5.69 Å². The minimum absolute atomic E-state index is 0.225. The lowest BCUT2D eigenvalue weighted by Gasteiger charge is -2.32. The average molecular weight is 236 g/mol. The smallest absolute Gasteiger partial charge is 0.184 e. The van der Waals surface area contributed by atoms with Gasteiger partial charge in [-0.2, -0.15) is 0 Å². The van der Waals surface area contributed by atoms with Gasteiger partial charge in [0.15, 0.2) is 11.5 Å². The Balaban J connectivity index is 1.98. The molecule has 0 bridgehead atoms. The average Bonchev–Trinajstić information content (AvgIpc) is 2.39. The Morgan fingerprint density at radius 3 is 2.71 bits per heavy atom. The molecule has 1 saturated heterocycles. The first-order chi connectivity index (χ1) is 8.34. The topological polar surface area (TPSA) is 54.0 Å². The summed E-state index contributed by atoms with van der Waals surface area (Å²) in [5.74, 6) is 1.63. The summed E-state index contributed by atoms with van der Waals surface area (Å²) in [6.45, 7) is 4.84. The molecule has 1 fully saturated rings. The van der Waals surface area contributed by atoms with Crippen molar-refractivity contribution in [3.8, 4) is 17.2 Å². The maximum atomic E-state index is 9.72. The molecule has 0 spiro atoms. The number of fused-ring (bicyclic) bond motifs is 1. The molecule has 1 aromatic rings. The zero-order valence-corrected chi connectivity index (χ0v) is 9.61. The maximum absolute atomic E-state index is 9.72. The summed E-state index contributed by atoms with van der Waals surface area (Å²) in [5, 5.41) is 13.0. The van der Waals surface area contributed by atoms with E-state index in [1.165, 1.54) is 0 Å². The quantitative estimate of drug-likeness (QED) is 0.746. The Labute approximate surface area is 99.9 Å². The van der Waals surface area contributed by atoms with Gasteiger partial charge < -0.3 is 24.8 Å². The van der Waals surface area contributed by atoms with Crippen LogP contribution in [0.15, 0.2) is 12.1 Å². The van der Waals surface area contributed by atoms with E-state index in [1.807, 2.05) is 0 Å². The van der Waals surface area contributed by atoms with Crippen LogP contribution in [0.1, 0.15) is 0 Å². The van der Waals surface area contributed by atoms with Crippen LogP contribution in [0.3, 0.4) is 0 Å². The van der Waals surface area contributed by atoms with Gasteiger partial charge >= 0.3 is 0 Å². The van der Waals surface area contributed by atoms with Crippen molar-refractivity contribution in [1.82, 2.24) is 5.32 Å². The molecule has 2 N–H and O–H groups in total. The van der Waals surface area contributed by atoms with Gasteiger partial charge in [0.25, 0.3) is 0 Å². The highest BCUT2D eigenvalue weighted by atomic mass is 16.6. The number of anilines is 1. The van der Waals surface area contributed by atoms with Crippen molar-refractivity contribution >= 4 is 5.69 Å². The molecule has 17 heavy (non-hydrogen) atoms. The Morgan fingerprint density at radius 2 is 1.88 bits per heavy atom. The van der Waals surface area contributed by atoms with Crippen LogP contribution in [-0.4, -0.2) is 44.5 Å². The van der Waals surface area contributed by atoms with Crippen LogP contribution in [0, 0.1) is 0 Å². The highest BCUT2D eigenvalue weighted by molar-refractivity contribution is 5.68. The summed E-state index contributed by atoms with van der Waals surface area (Å²) in [7, 11) is 0. The lowest BCUT2D eigenvalue weighted by atomic mass is 10.2. The number of benzene rings is 1. The molecule has 0 aromatic heterocycles. The number of phenolic OH excluding ortho intramolecular Hbond substituents is 1. The fraction of sp³-hybridized carbons (Fsp3) is 0.500. The molecule has 5 nitrogen and oxygen atoms in total. The van der Waals surface area contributed by atoms with Gasteiger partial charge in [-0.3, -0.25) is 0 Å². The first kappa shape index (κ1) is 10.5. The fourth-order valence-corrected chi connectivity index (χ4v) is 2.26.